The monoisotopic (exact) mass is 432 g/mol. The molecule has 3 aromatic rings. The molecule has 7 nitrogen and oxygen atoms in total. The van der Waals surface area contributed by atoms with Crippen molar-refractivity contribution >= 4 is 28.6 Å². The van der Waals surface area contributed by atoms with E-state index in [9.17, 15) is 10.1 Å². The highest BCUT2D eigenvalue weighted by Crippen LogP contribution is 2.30. The minimum Gasteiger partial charge on any atom is -0.490 e. The molecule has 0 saturated carbocycles. The normalized spacial score (nSPS) is 11.3. The van der Waals surface area contributed by atoms with Gasteiger partial charge < -0.3 is 19.4 Å². The molecule has 0 spiro atoms. The number of carbonyl (C=O) groups excluding carboxylic acids is 1. The lowest BCUT2D eigenvalue weighted by atomic mass is 10.1. The van der Waals surface area contributed by atoms with Crippen LogP contribution in [-0.4, -0.2) is 47.1 Å². The number of allylic oxidation sites excluding steroid dienone is 1. The number of imidazole rings is 1. The number of ether oxygens (including phenoxy) is 2. The lowest BCUT2D eigenvalue weighted by Crippen LogP contribution is -2.34. The second-order valence-electron chi connectivity index (χ2n) is 7.27. The van der Waals surface area contributed by atoms with Gasteiger partial charge in [-0.3, -0.25) is 4.79 Å². The molecule has 0 unspecified atom stereocenters. The number of aromatic nitrogens is 2. The van der Waals surface area contributed by atoms with Crippen LogP contribution in [0.15, 0.2) is 36.4 Å². The number of H-pyrrole nitrogens is 1. The number of aromatic amines is 1. The van der Waals surface area contributed by atoms with E-state index < -0.39 is 0 Å². The first-order valence-corrected chi connectivity index (χ1v) is 10.7. The topological polar surface area (TPSA) is 91.2 Å². The van der Waals surface area contributed by atoms with Crippen molar-refractivity contribution < 1.29 is 14.3 Å². The predicted molar refractivity (Wildman–Crippen MR) is 125 cm³/mol. The van der Waals surface area contributed by atoms with E-state index >= 15 is 0 Å². The summed E-state index contributed by atoms with van der Waals surface area (Å²) in [6.45, 7) is 9.42. The van der Waals surface area contributed by atoms with Crippen LogP contribution < -0.4 is 9.47 Å². The molecule has 1 aromatic heterocycles. The predicted octanol–water partition coefficient (Wildman–Crippen LogP) is 4.58. The van der Waals surface area contributed by atoms with Gasteiger partial charge in [0.25, 0.3) is 5.91 Å². The standard InChI is InChI=1S/C25H28N4O3/c1-5-29(6-2)24(30)16-32-22-11-9-18(14-23(22)31-7-3)13-19(15-26)25-27-20-10-8-17(4)12-21(20)28-25/h8-14H,5-7,16H2,1-4H3,(H,27,28)/b19-13-. The molecule has 0 aliphatic rings. The molecule has 1 heterocycles. The summed E-state index contributed by atoms with van der Waals surface area (Å²) < 4.78 is 11.5. The Bertz CT molecular complexity index is 1170. The fraction of sp³-hybridized carbons (Fsp3) is 0.320. The Morgan fingerprint density at radius 1 is 1.12 bits per heavy atom. The molecule has 3 rings (SSSR count). The van der Waals surface area contributed by atoms with Gasteiger partial charge in [-0.05, 0) is 69.2 Å². The fourth-order valence-electron chi connectivity index (χ4n) is 3.38. The molecule has 1 N–H and O–H groups in total. The van der Waals surface area contributed by atoms with Crippen LogP contribution in [0.1, 0.15) is 37.7 Å². The molecule has 0 aliphatic heterocycles. The van der Waals surface area contributed by atoms with Crippen LogP contribution >= 0.6 is 0 Å². The zero-order valence-corrected chi connectivity index (χ0v) is 18.9. The number of benzene rings is 2. The fourth-order valence-corrected chi connectivity index (χ4v) is 3.38. The van der Waals surface area contributed by atoms with Crippen LogP contribution in [0.25, 0.3) is 22.7 Å². The highest BCUT2D eigenvalue weighted by Gasteiger charge is 2.14. The number of hydrogen-bond acceptors (Lipinski definition) is 5. The number of carbonyl (C=O) groups is 1. The van der Waals surface area contributed by atoms with Crippen molar-refractivity contribution in [1.82, 2.24) is 14.9 Å². The van der Waals surface area contributed by atoms with Crippen molar-refractivity contribution in [3.8, 4) is 17.6 Å². The highest BCUT2D eigenvalue weighted by molar-refractivity contribution is 5.90. The summed E-state index contributed by atoms with van der Waals surface area (Å²) >= 11 is 0. The summed E-state index contributed by atoms with van der Waals surface area (Å²) in [5, 5.41) is 9.72. The van der Waals surface area contributed by atoms with Crippen molar-refractivity contribution in [3.63, 3.8) is 0 Å². The summed E-state index contributed by atoms with van der Waals surface area (Å²) in [7, 11) is 0. The molecule has 7 heteroatoms. The molecule has 166 valence electrons. The van der Waals surface area contributed by atoms with Crippen LogP contribution in [0.4, 0.5) is 0 Å². The molecule has 0 bridgehead atoms. The summed E-state index contributed by atoms with van der Waals surface area (Å²) in [6, 6.07) is 13.5. The first kappa shape index (κ1) is 22.9. The SMILES string of the molecule is CCOc1cc(/C=C(/C#N)c2nc3ccc(C)cc3[nH]2)ccc1OCC(=O)N(CC)CC. The van der Waals surface area contributed by atoms with Crippen LogP contribution in [0.3, 0.4) is 0 Å². The van der Waals surface area contributed by atoms with Gasteiger partial charge in [0.15, 0.2) is 18.1 Å². The molecule has 0 radical (unpaired) electrons. The van der Waals surface area contributed by atoms with Gasteiger partial charge in [0, 0.05) is 13.1 Å². The average molecular weight is 433 g/mol. The third-order valence-corrected chi connectivity index (χ3v) is 5.06. The van der Waals surface area contributed by atoms with E-state index in [1.807, 2.05) is 52.0 Å². The summed E-state index contributed by atoms with van der Waals surface area (Å²) in [5.74, 6) is 1.44. The first-order valence-electron chi connectivity index (χ1n) is 10.7. The molecule has 1 amide bonds. The van der Waals surface area contributed by atoms with Gasteiger partial charge in [-0.2, -0.15) is 5.26 Å². The second kappa shape index (κ2) is 10.5. The molecule has 0 atom stereocenters. The Kier molecular flexibility index (Phi) is 7.50. The maximum atomic E-state index is 12.3. The zero-order valence-electron chi connectivity index (χ0n) is 18.9. The number of amides is 1. The molecular formula is C25H28N4O3. The number of hydrogen-bond donors (Lipinski definition) is 1. The second-order valence-corrected chi connectivity index (χ2v) is 7.27. The van der Waals surface area contributed by atoms with Gasteiger partial charge in [0.05, 0.1) is 23.2 Å². The van der Waals surface area contributed by atoms with Crippen LogP contribution in [0.5, 0.6) is 11.5 Å². The van der Waals surface area contributed by atoms with Gasteiger partial charge in [-0.25, -0.2) is 4.98 Å². The van der Waals surface area contributed by atoms with E-state index in [0.29, 0.717) is 42.6 Å². The number of nitrogens with zero attached hydrogens (tertiary/aromatic N) is 3. The van der Waals surface area contributed by atoms with Crippen molar-refractivity contribution in [2.45, 2.75) is 27.7 Å². The van der Waals surface area contributed by atoms with E-state index in [1.54, 1.807) is 23.1 Å². The van der Waals surface area contributed by atoms with E-state index in [-0.39, 0.29) is 12.5 Å². The van der Waals surface area contributed by atoms with Crippen molar-refractivity contribution in [2.75, 3.05) is 26.3 Å². The maximum Gasteiger partial charge on any atom is 0.260 e. The Morgan fingerprint density at radius 3 is 2.59 bits per heavy atom. The van der Waals surface area contributed by atoms with Gasteiger partial charge in [-0.1, -0.05) is 12.1 Å². The summed E-state index contributed by atoms with van der Waals surface area (Å²) in [4.78, 5) is 21.7. The van der Waals surface area contributed by atoms with Gasteiger partial charge in [-0.15, -0.1) is 0 Å². The Labute approximate surface area is 188 Å². The molecule has 0 fully saturated rings. The number of nitrogens with one attached hydrogen (secondary N) is 1. The molecule has 0 saturated heterocycles. The third kappa shape index (κ3) is 5.27. The number of fused-ring (bicyclic) bond motifs is 1. The minimum absolute atomic E-state index is 0.0568. The smallest absolute Gasteiger partial charge is 0.260 e. The quantitative estimate of drug-likeness (QED) is 0.500. The van der Waals surface area contributed by atoms with Crippen molar-refractivity contribution in [2.24, 2.45) is 0 Å². The lowest BCUT2D eigenvalue weighted by Gasteiger charge is -2.19. The first-order chi connectivity index (χ1) is 15.5. The van der Waals surface area contributed by atoms with E-state index in [1.165, 1.54) is 0 Å². The Hall–Kier alpha value is -3.79. The molecule has 2 aromatic carbocycles. The van der Waals surface area contributed by atoms with Crippen molar-refractivity contribution in [1.29, 1.82) is 5.26 Å². The van der Waals surface area contributed by atoms with Gasteiger partial charge in [0.1, 0.15) is 11.9 Å². The third-order valence-electron chi connectivity index (χ3n) is 5.06. The van der Waals surface area contributed by atoms with Gasteiger partial charge >= 0.3 is 0 Å². The molecule has 32 heavy (non-hydrogen) atoms. The number of nitriles is 1. The Balaban J connectivity index is 1.86. The highest BCUT2D eigenvalue weighted by atomic mass is 16.5. The average Bonchev–Trinajstić information content (AvgIpc) is 3.20. The molecular weight excluding hydrogens is 404 g/mol. The van der Waals surface area contributed by atoms with Crippen molar-refractivity contribution in [3.05, 3.63) is 53.3 Å². The number of aryl methyl sites for hydroxylation is 1. The zero-order chi connectivity index (χ0) is 23.1. The van der Waals surface area contributed by atoms with Crippen LogP contribution in [-0.2, 0) is 4.79 Å². The summed E-state index contributed by atoms with van der Waals surface area (Å²) in [6.07, 6.45) is 1.75. The molecule has 0 aliphatic carbocycles. The van der Waals surface area contributed by atoms with Crippen LogP contribution in [0, 0.1) is 18.3 Å². The summed E-state index contributed by atoms with van der Waals surface area (Å²) in [5.41, 5.74) is 3.99. The van der Waals surface area contributed by atoms with E-state index in [0.717, 1.165) is 22.2 Å². The minimum atomic E-state index is -0.0756. The number of rotatable bonds is 9. The number of likely N-dealkylation sites (N-methyl/N-ethyl adjacent to an activating group) is 1. The Morgan fingerprint density at radius 2 is 1.91 bits per heavy atom. The maximum absolute atomic E-state index is 12.3. The van der Waals surface area contributed by atoms with Gasteiger partial charge in [0.2, 0.25) is 0 Å². The van der Waals surface area contributed by atoms with E-state index in [4.69, 9.17) is 9.47 Å². The van der Waals surface area contributed by atoms with E-state index in [2.05, 4.69) is 16.0 Å². The van der Waals surface area contributed by atoms with Crippen LogP contribution in [0.2, 0.25) is 0 Å². The largest absolute Gasteiger partial charge is 0.490 e. The lowest BCUT2D eigenvalue weighted by molar-refractivity contribution is -0.132.